The van der Waals surface area contributed by atoms with Gasteiger partial charge in [0.15, 0.2) is 0 Å². The maximum atomic E-state index is 12.5. The number of nitrogens with one attached hydrogen (secondary N) is 1. The number of aldehydes is 1. The number of carboxylic acid groups (broad SMARTS) is 4. The van der Waals surface area contributed by atoms with Gasteiger partial charge in [0.2, 0.25) is 5.91 Å². The Morgan fingerprint density at radius 1 is 0.639 bits per heavy atom. The van der Waals surface area contributed by atoms with E-state index in [1.165, 1.54) is 0 Å². The molecule has 14 nitrogen and oxygen atoms in total. The molecule has 1 rings (SSSR count). The molecule has 0 bridgehead atoms. The molecule has 1 aromatic carbocycles. The predicted octanol–water partition coefficient (Wildman–Crippen LogP) is -1.64. The molecule has 198 valence electrons. The Bertz CT molecular complexity index is 850. The molecule has 0 atom stereocenters. The Labute approximate surface area is 206 Å². The van der Waals surface area contributed by atoms with E-state index in [9.17, 15) is 28.8 Å². The first kappa shape index (κ1) is 30.2. The summed E-state index contributed by atoms with van der Waals surface area (Å²) < 4.78 is 0. The lowest BCUT2D eigenvalue weighted by Crippen LogP contribution is -2.47. The SMILES string of the molecule is O=Cc1ccc(CNC(=O)CN(CCN(CC(=O)O)CC(=O)O)CCN(CC(=O)O)CC(=O)O)cc1. The lowest BCUT2D eigenvalue weighted by molar-refractivity contribution is -0.143. The Morgan fingerprint density at radius 3 is 1.39 bits per heavy atom. The molecule has 0 fully saturated rings. The molecule has 0 aliphatic rings. The Kier molecular flexibility index (Phi) is 13.3. The molecule has 0 unspecified atom stereocenters. The summed E-state index contributed by atoms with van der Waals surface area (Å²) in [5.74, 6) is -5.32. The van der Waals surface area contributed by atoms with E-state index in [0.717, 1.165) is 15.4 Å². The van der Waals surface area contributed by atoms with E-state index in [1.807, 2.05) is 0 Å². The van der Waals surface area contributed by atoms with Gasteiger partial charge in [0.25, 0.3) is 0 Å². The fourth-order valence-electron chi connectivity index (χ4n) is 3.20. The first-order chi connectivity index (χ1) is 17.0. The van der Waals surface area contributed by atoms with Gasteiger partial charge in [0.05, 0.1) is 32.7 Å². The summed E-state index contributed by atoms with van der Waals surface area (Å²) in [7, 11) is 0. The molecule has 0 aliphatic heterocycles. The third-order valence-corrected chi connectivity index (χ3v) is 4.87. The van der Waals surface area contributed by atoms with Crippen LogP contribution in [0.2, 0.25) is 0 Å². The number of benzene rings is 1. The number of carbonyl (C=O) groups is 6. The van der Waals surface area contributed by atoms with Gasteiger partial charge in [-0.05, 0) is 5.56 Å². The number of rotatable bonds is 19. The van der Waals surface area contributed by atoms with Gasteiger partial charge in [-0.1, -0.05) is 24.3 Å². The van der Waals surface area contributed by atoms with Gasteiger partial charge in [-0.15, -0.1) is 0 Å². The first-order valence-corrected chi connectivity index (χ1v) is 10.8. The molecule has 36 heavy (non-hydrogen) atoms. The minimum absolute atomic E-state index is 0.0170. The van der Waals surface area contributed by atoms with Crippen molar-refractivity contribution in [1.82, 2.24) is 20.0 Å². The molecule has 0 aromatic heterocycles. The zero-order valence-electron chi connectivity index (χ0n) is 19.5. The van der Waals surface area contributed by atoms with Gasteiger partial charge < -0.3 is 25.7 Å². The second-order valence-electron chi connectivity index (χ2n) is 7.91. The molecule has 1 aromatic rings. The summed E-state index contributed by atoms with van der Waals surface area (Å²) in [5, 5.41) is 38.8. The fraction of sp³-hybridized carbons (Fsp3) is 0.455. The molecule has 5 N–H and O–H groups in total. The van der Waals surface area contributed by atoms with Gasteiger partial charge in [-0.3, -0.25) is 43.5 Å². The standard InChI is InChI=1S/C22H30N4O10/c27-15-17-3-1-16(2-4-17)9-23-18(28)10-24(5-7-25(11-19(29)30)12-20(31)32)6-8-26(13-21(33)34)14-22(35)36/h1-4,15H,5-14H2,(H,23,28)(H,29,30)(H,31,32)(H,33,34)(H,35,36). The Morgan fingerprint density at radius 2 is 1.03 bits per heavy atom. The van der Waals surface area contributed by atoms with Crippen LogP contribution < -0.4 is 5.32 Å². The molecular weight excluding hydrogens is 480 g/mol. The van der Waals surface area contributed by atoms with Crippen molar-refractivity contribution in [3.63, 3.8) is 0 Å². The zero-order valence-corrected chi connectivity index (χ0v) is 19.5. The maximum Gasteiger partial charge on any atom is 0.317 e. The van der Waals surface area contributed by atoms with Crippen LogP contribution >= 0.6 is 0 Å². The zero-order chi connectivity index (χ0) is 27.1. The minimum Gasteiger partial charge on any atom is -0.480 e. The number of aliphatic carboxylic acids is 4. The summed E-state index contributed by atoms with van der Waals surface area (Å²) in [6.07, 6.45) is 0.691. The van der Waals surface area contributed by atoms with Crippen LogP contribution in [0, 0.1) is 0 Å². The number of carbonyl (C=O) groups excluding carboxylic acids is 2. The van der Waals surface area contributed by atoms with Crippen LogP contribution in [0.4, 0.5) is 0 Å². The van der Waals surface area contributed by atoms with Gasteiger partial charge in [-0.25, -0.2) is 0 Å². The Hall–Kier alpha value is -3.88. The van der Waals surface area contributed by atoms with Crippen molar-refractivity contribution in [2.45, 2.75) is 6.54 Å². The number of hydrogen-bond donors (Lipinski definition) is 5. The highest BCUT2D eigenvalue weighted by molar-refractivity contribution is 5.78. The number of hydrogen-bond acceptors (Lipinski definition) is 9. The van der Waals surface area contributed by atoms with Crippen LogP contribution in [0.15, 0.2) is 24.3 Å². The van der Waals surface area contributed by atoms with E-state index < -0.39 is 56.0 Å². The van der Waals surface area contributed by atoms with Crippen LogP contribution in [0.3, 0.4) is 0 Å². The van der Waals surface area contributed by atoms with Gasteiger partial charge in [-0.2, -0.15) is 0 Å². The predicted molar refractivity (Wildman–Crippen MR) is 124 cm³/mol. The summed E-state index contributed by atoms with van der Waals surface area (Å²) in [6.45, 7) is -2.06. The molecule has 0 aliphatic carbocycles. The molecule has 14 heteroatoms. The lowest BCUT2D eigenvalue weighted by Gasteiger charge is -2.28. The van der Waals surface area contributed by atoms with Crippen molar-refractivity contribution in [2.24, 2.45) is 0 Å². The average molecular weight is 511 g/mol. The van der Waals surface area contributed by atoms with Crippen LogP contribution in [0.5, 0.6) is 0 Å². The Balaban J connectivity index is 2.83. The molecule has 0 radical (unpaired) electrons. The topological polar surface area (TPSA) is 205 Å². The molecular formula is C22H30N4O10. The van der Waals surface area contributed by atoms with Crippen LogP contribution in [-0.4, -0.2) is 130 Å². The molecule has 0 saturated carbocycles. The number of amides is 1. The number of nitrogens with zero attached hydrogens (tertiary/aromatic N) is 3. The van der Waals surface area contributed by atoms with Crippen molar-refractivity contribution < 1.29 is 49.2 Å². The summed E-state index contributed by atoms with van der Waals surface area (Å²) in [5.41, 5.74) is 1.22. The van der Waals surface area contributed by atoms with Crippen molar-refractivity contribution in [2.75, 3.05) is 58.9 Å². The monoisotopic (exact) mass is 510 g/mol. The minimum atomic E-state index is -1.23. The smallest absolute Gasteiger partial charge is 0.317 e. The van der Waals surface area contributed by atoms with E-state index in [4.69, 9.17) is 20.4 Å². The molecule has 0 saturated heterocycles. The second-order valence-corrected chi connectivity index (χ2v) is 7.91. The van der Waals surface area contributed by atoms with E-state index in [-0.39, 0.29) is 39.3 Å². The highest BCUT2D eigenvalue weighted by Crippen LogP contribution is 2.02. The summed E-state index contributed by atoms with van der Waals surface area (Å²) in [4.78, 5) is 71.3. The van der Waals surface area contributed by atoms with E-state index in [2.05, 4.69) is 5.32 Å². The second kappa shape index (κ2) is 15.9. The number of carboxylic acids is 4. The average Bonchev–Trinajstić information content (AvgIpc) is 2.78. The normalized spacial score (nSPS) is 11.0. The summed E-state index contributed by atoms with van der Waals surface area (Å²) in [6, 6.07) is 6.54. The lowest BCUT2D eigenvalue weighted by atomic mass is 10.1. The molecule has 0 spiro atoms. The quantitative estimate of drug-likeness (QED) is 0.133. The summed E-state index contributed by atoms with van der Waals surface area (Å²) >= 11 is 0. The van der Waals surface area contributed by atoms with Gasteiger partial charge in [0.1, 0.15) is 6.29 Å². The van der Waals surface area contributed by atoms with E-state index in [1.54, 1.807) is 29.2 Å². The first-order valence-electron chi connectivity index (χ1n) is 10.8. The fourth-order valence-corrected chi connectivity index (χ4v) is 3.20. The van der Waals surface area contributed by atoms with Crippen molar-refractivity contribution in [3.8, 4) is 0 Å². The van der Waals surface area contributed by atoms with E-state index in [0.29, 0.717) is 11.8 Å². The third-order valence-electron chi connectivity index (χ3n) is 4.87. The van der Waals surface area contributed by atoms with Crippen molar-refractivity contribution >= 4 is 36.1 Å². The van der Waals surface area contributed by atoms with Crippen LogP contribution in [-0.2, 0) is 30.5 Å². The van der Waals surface area contributed by atoms with Gasteiger partial charge in [0, 0.05) is 38.3 Å². The van der Waals surface area contributed by atoms with Crippen LogP contribution in [0.25, 0.3) is 0 Å². The third kappa shape index (κ3) is 13.7. The molecule has 0 heterocycles. The van der Waals surface area contributed by atoms with Crippen molar-refractivity contribution in [1.29, 1.82) is 0 Å². The molecule has 1 amide bonds. The van der Waals surface area contributed by atoms with Gasteiger partial charge >= 0.3 is 23.9 Å². The highest BCUT2D eigenvalue weighted by atomic mass is 16.4. The van der Waals surface area contributed by atoms with Crippen molar-refractivity contribution in [3.05, 3.63) is 35.4 Å². The maximum absolute atomic E-state index is 12.5. The highest BCUT2D eigenvalue weighted by Gasteiger charge is 2.19. The largest absolute Gasteiger partial charge is 0.480 e. The van der Waals surface area contributed by atoms with E-state index >= 15 is 0 Å². The van der Waals surface area contributed by atoms with Crippen LogP contribution in [0.1, 0.15) is 15.9 Å².